The van der Waals surface area contributed by atoms with Crippen molar-refractivity contribution in [3.8, 4) is 55.6 Å². The molecular weight excluding hydrogens is 795 g/mol. The van der Waals surface area contributed by atoms with E-state index in [0.29, 0.717) is 0 Å². The molecule has 0 aromatic heterocycles. The van der Waals surface area contributed by atoms with Crippen LogP contribution in [0.5, 0.6) is 0 Å². The zero-order chi connectivity index (χ0) is 43.9. The molecule has 1 aliphatic carbocycles. The van der Waals surface area contributed by atoms with Gasteiger partial charge < -0.3 is 4.90 Å². The van der Waals surface area contributed by atoms with Crippen molar-refractivity contribution >= 4 is 27.8 Å². The first-order valence-corrected chi connectivity index (χ1v) is 22.8. The van der Waals surface area contributed by atoms with Crippen molar-refractivity contribution in [1.82, 2.24) is 0 Å². The number of para-hydroxylation sites is 1. The fraction of sp³-hybridized carbons (Fsp3) is 0.0154. The summed E-state index contributed by atoms with van der Waals surface area (Å²) in [6, 6.07) is 100.0. The lowest BCUT2D eigenvalue weighted by molar-refractivity contribution is 0.768. The Labute approximate surface area is 387 Å². The SMILES string of the molecule is c1ccc(-c2ccc(-c3ccc(N(c4ccc(-c5cccc6ccccc56)cc4)c4ccccc4-c4cccc5c4-c4ccccc4C5(c4ccccc4)c4ccccc4)cc3)cc2)cc1. The van der Waals surface area contributed by atoms with Gasteiger partial charge in [-0.2, -0.15) is 0 Å². The van der Waals surface area contributed by atoms with E-state index in [1.54, 1.807) is 0 Å². The lowest BCUT2D eigenvalue weighted by atomic mass is 9.67. The minimum absolute atomic E-state index is 0.494. The van der Waals surface area contributed by atoms with E-state index in [1.807, 2.05) is 0 Å². The van der Waals surface area contributed by atoms with Crippen molar-refractivity contribution in [2.45, 2.75) is 5.41 Å². The van der Waals surface area contributed by atoms with Gasteiger partial charge in [-0.15, -0.1) is 0 Å². The van der Waals surface area contributed by atoms with Crippen LogP contribution in [0.25, 0.3) is 66.4 Å². The van der Waals surface area contributed by atoms with Gasteiger partial charge in [0, 0.05) is 16.9 Å². The third-order valence-electron chi connectivity index (χ3n) is 13.6. The Bertz CT molecular complexity index is 3440. The minimum Gasteiger partial charge on any atom is -0.310 e. The van der Waals surface area contributed by atoms with E-state index >= 15 is 0 Å². The van der Waals surface area contributed by atoms with Gasteiger partial charge in [0.15, 0.2) is 0 Å². The van der Waals surface area contributed by atoms with Crippen molar-refractivity contribution < 1.29 is 0 Å². The van der Waals surface area contributed by atoms with Crippen molar-refractivity contribution in [3.05, 3.63) is 295 Å². The molecule has 310 valence electrons. The fourth-order valence-corrected chi connectivity index (χ4v) is 10.6. The van der Waals surface area contributed by atoms with Crippen LogP contribution in [0.15, 0.2) is 273 Å². The molecule has 0 heterocycles. The third-order valence-corrected chi connectivity index (χ3v) is 13.6. The highest BCUT2D eigenvalue weighted by molar-refractivity contribution is 6.01. The van der Waals surface area contributed by atoms with Crippen LogP contribution >= 0.6 is 0 Å². The van der Waals surface area contributed by atoms with Gasteiger partial charge in [0.2, 0.25) is 0 Å². The molecule has 0 bridgehead atoms. The molecule has 0 aliphatic heterocycles. The molecule has 0 saturated heterocycles. The highest BCUT2D eigenvalue weighted by Crippen LogP contribution is 2.59. The molecule has 0 radical (unpaired) electrons. The van der Waals surface area contributed by atoms with Gasteiger partial charge in [-0.1, -0.05) is 243 Å². The molecule has 0 spiro atoms. The first-order valence-electron chi connectivity index (χ1n) is 22.8. The molecule has 1 nitrogen and oxygen atoms in total. The van der Waals surface area contributed by atoms with Crippen LogP contribution in [0.3, 0.4) is 0 Å². The first kappa shape index (κ1) is 39.1. The van der Waals surface area contributed by atoms with Gasteiger partial charge >= 0.3 is 0 Å². The molecule has 0 unspecified atom stereocenters. The molecule has 1 aliphatic rings. The van der Waals surface area contributed by atoms with E-state index in [9.17, 15) is 0 Å². The number of nitrogens with zero attached hydrogens (tertiary/aromatic N) is 1. The van der Waals surface area contributed by atoms with E-state index in [-0.39, 0.29) is 0 Å². The number of anilines is 3. The first-order chi connectivity index (χ1) is 32.8. The van der Waals surface area contributed by atoms with Gasteiger partial charge in [0.05, 0.1) is 11.1 Å². The summed E-state index contributed by atoms with van der Waals surface area (Å²) in [5, 5.41) is 2.49. The zero-order valence-electron chi connectivity index (χ0n) is 36.4. The highest BCUT2D eigenvalue weighted by Gasteiger charge is 2.46. The van der Waals surface area contributed by atoms with Crippen LogP contribution in [-0.4, -0.2) is 0 Å². The Kier molecular flexibility index (Phi) is 9.81. The highest BCUT2D eigenvalue weighted by atomic mass is 15.1. The van der Waals surface area contributed by atoms with Crippen molar-refractivity contribution in [1.29, 1.82) is 0 Å². The average Bonchev–Trinajstić information content (AvgIpc) is 3.71. The standard InChI is InChI=1S/C65H45N/c1-4-18-46(19-5-1)47-34-36-48(37-35-47)49-38-42-54(43-39-49)66(55-44-40-51(41-45-55)57-29-16-21-50-20-10-11-26-56(50)57)63-33-15-13-27-58(63)59-30-17-32-62-64(59)60-28-12-14-31-61(60)65(62,52-22-6-2-7-23-52)53-24-8-3-9-25-53/h1-45H. The molecule has 12 rings (SSSR count). The largest absolute Gasteiger partial charge is 0.310 e. The Morgan fingerprint density at radius 2 is 0.682 bits per heavy atom. The quantitative estimate of drug-likeness (QED) is 0.140. The summed E-state index contributed by atoms with van der Waals surface area (Å²) < 4.78 is 0. The maximum atomic E-state index is 2.44. The Morgan fingerprint density at radius 3 is 1.33 bits per heavy atom. The fourth-order valence-electron chi connectivity index (χ4n) is 10.6. The van der Waals surface area contributed by atoms with E-state index in [1.165, 1.54) is 88.7 Å². The summed E-state index contributed by atoms with van der Waals surface area (Å²) in [7, 11) is 0. The maximum absolute atomic E-state index is 2.44. The number of hydrogen-bond acceptors (Lipinski definition) is 1. The number of fused-ring (bicyclic) bond motifs is 4. The van der Waals surface area contributed by atoms with Gasteiger partial charge in [-0.05, 0) is 113 Å². The summed E-state index contributed by atoms with van der Waals surface area (Å²) in [5.41, 5.74) is 20.0. The summed E-state index contributed by atoms with van der Waals surface area (Å²) in [5.74, 6) is 0. The van der Waals surface area contributed by atoms with Crippen molar-refractivity contribution in [2.24, 2.45) is 0 Å². The number of rotatable bonds is 9. The Balaban J connectivity index is 1.03. The molecule has 66 heavy (non-hydrogen) atoms. The van der Waals surface area contributed by atoms with Crippen molar-refractivity contribution in [2.75, 3.05) is 4.90 Å². The van der Waals surface area contributed by atoms with Gasteiger partial charge in [-0.3, -0.25) is 0 Å². The summed E-state index contributed by atoms with van der Waals surface area (Å²) >= 11 is 0. The molecule has 0 fully saturated rings. The molecule has 0 amide bonds. The lowest BCUT2D eigenvalue weighted by Gasteiger charge is -2.34. The Morgan fingerprint density at radius 1 is 0.258 bits per heavy atom. The van der Waals surface area contributed by atoms with Gasteiger partial charge in [-0.25, -0.2) is 0 Å². The molecule has 0 saturated carbocycles. The van der Waals surface area contributed by atoms with Gasteiger partial charge in [0.1, 0.15) is 0 Å². The molecule has 0 N–H and O–H groups in total. The molecule has 1 heteroatoms. The van der Waals surface area contributed by atoms with E-state index in [4.69, 9.17) is 0 Å². The molecular formula is C65H45N. The molecule has 11 aromatic carbocycles. The van der Waals surface area contributed by atoms with Crippen LogP contribution in [0.1, 0.15) is 22.3 Å². The van der Waals surface area contributed by atoms with Crippen molar-refractivity contribution in [3.63, 3.8) is 0 Å². The van der Waals surface area contributed by atoms with Gasteiger partial charge in [0.25, 0.3) is 0 Å². The summed E-state index contributed by atoms with van der Waals surface area (Å²) in [4.78, 5) is 2.44. The van der Waals surface area contributed by atoms with Crippen LogP contribution in [0.4, 0.5) is 17.1 Å². The molecule has 0 atom stereocenters. The maximum Gasteiger partial charge on any atom is 0.0713 e. The summed E-state index contributed by atoms with van der Waals surface area (Å²) in [6.07, 6.45) is 0. The summed E-state index contributed by atoms with van der Waals surface area (Å²) in [6.45, 7) is 0. The second-order valence-corrected chi connectivity index (χ2v) is 17.2. The number of benzene rings is 11. The van der Waals surface area contributed by atoms with Crippen LogP contribution in [-0.2, 0) is 5.41 Å². The second kappa shape index (κ2) is 16.6. The second-order valence-electron chi connectivity index (χ2n) is 17.2. The van der Waals surface area contributed by atoms with Crippen LogP contribution < -0.4 is 4.90 Å². The Hall–Kier alpha value is -8.52. The average molecular weight is 840 g/mol. The predicted molar refractivity (Wildman–Crippen MR) is 278 cm³/mol. The van der Waals surface area contributed by atoms with E-state index in [2.05, 4.69) is 278 Å². The van der Waals surface area contributed by atoms with E-state index in [0.717, 1.165) is 17.1 Å². The normalized spacial score (nSPS) is 12.4. The predicted octanol–water partition coefficient (Wildman–Crippen LogP) is 17.3. The topological polar surface area (TPSA) is 3.24 Å². The smallest absolute Gasteiger partial charge is 0.0713 e. The third kappa shape index (κ3) is 6.56. The number of hydrogen-bond donors (Lipinski definition) is 0. The van der Waals surface area contributed by atoms with Crippen LogP contribution in [0.2, 0.25) is 0 Å². The lowest BCUT2D eigenvalue weighted by Crippen LogP contribution is -2.28. The molecule has 11 aromatic rings. The minimum atomic E-state index is -0.494. The van der Waals surface area contributed by atoms with Crippen LogP contribution in [0, 0.1) is 0 Å². The monoisotopic (exact) mass is 839 g/mol. The van der Waals surface area contributed by atoms with E-state index < -0.39 is 5.41 Å². The zero-order valence-corrected chi connectivity index (χ0v) is 36.4.